The summed E-state index contributed by atoms with van der Waals surface area (Å²) in [5, 5.41) is 2.06. The third-order valence-corrected chi connectivity index (χ3v) is 2.43. The first-order valence-corrected chi connectivity index (χ1v) is 4.59. The SMILES string of the molecule is C#Cc1ccc2cccc([NH3+])c2c1C#C. The molecule has 15 heavy (non-hydrogen) atoms. The summed E-state index contributed by atoms with van der Waals surface area (Å²) in [6.45, 7) is 0. The van der Waals surface area contributed by atoms with Crippen LogP contribution >= 0.6 is 0 Å². The molecule has 0 unspecified atom stereocenters. The van der Waals surface area contributed by atoms with E-state index >= 15 is 0 Å². The van der Waals surface area contributed by atoms with E-state index in [0.717, 1.165) is 27.6 Å². The molecule has 0 fully saturated rings. The Hall–Kier alpha value is -2.22. The monoisotopic (exact) mass is 192 g/mol. The summed E-state index contributed by atoms with van der Waals surface area (Å²) >= 11 is 0. The van der Waals surface area contributed by atoms with Crippen LogP contribution in [-0.4, -0.2) is 0 Å². The second kappa shape index (κ2) is 3.50. The van der Waals surface area contributed by atoms with Crippen LogP contribution in [0.15, 0.2) is 30.3 Å². The minimum absolute atomic E-state index is 0.751. The number of rotatable bonds is 0. The summed E-state index contributed by atoms with van der Waals surface area (Å²) < 4.78 is 0. The number of quaternary nitrogens is 1. The van der Waals surface area contributed by atoms with Gasteiger partial charge in [0.1, 0.15) is 5.69 Å². The fraction of sp³-hybridized carbons (Fsp3) is 0. The molecule has 2 rings (SSSR count). The van der Waals surface area contributed by atoms with E-state index in [4.69, 9.17) is 12.8 Å². The van der Waals surface area contributed by atoms with Crippen LogP contribution < -0.4 is 5.73 Å². The molecule has 0 amide bonds. The van der Waals surface area contributed by atoms with Crippen LogP contribution in [0.4, 0.5) is 5.69 Å². The molecule has 1 nitrogen and oxygen atoms in total. The maximum absolute atomic E-state index is 5.49. The molecule has 2 aromatic carbocycles. The fourth-order valence-electron chi connectivity index (χ4n) is 1.73. The summed E-state index contributed by atoms with van der Waals surface area (Å²) in [7, 11) is 0. The van der Waals surface area contributed by atoms with Crippen molar-refractivity contribution in [2.24, 2.45) is 0 Å². The van der Waals surface area contributed by atoms with E-state index in [0.29, 0.717) is 0 Å². The first kappa shape index (κ1) is 9.34. The van der Waals surface area contributed by atoms with Crippen molar-refractivity contribution in [3.63, 3.8) is 0 Å². The average molecular weight is 192 g/mol. The number of fused-ring (bicyclic) bond motifs is 1. The topological polar surface area (TPSA) is 27.6 Å². The highest BCUT2D eigenvalue weighted by Crippen LogP contribution is 2.25. The van der Waals surface area contributed by atoms with Crippen molar-refractivity contribution in [3.05, 3.63) is 41.5 Å². The molecule has 0 saturated carbocycles. The zero-order valence-corrected chi connectivity index (χ0v) is 8.25. The summed E-state index contributed by atoms with van der Waals surface area (Å²) in [4.78, 5) is 0. The highest BCUT2D eigenvalue weighted by Gasteiger charge is 2.08. The maximum atomic E-state index is 5.49. The van der Waals surface area contributed by atoms with Gasteiger partial charge < -0.3 is 5.73 Å². The molecule has 0 aliphatic heterocycles. The molecule has 0 bridgehead atoms. The highest BCUT2D eigenvalue weighted by molar-refractivity contribution is 5.96. The van der Waals surface area contributed by atoms with Crippen LogP contribution in [0.5, 0.6) is 0 Å². The number of benzene rings is 2. The lowest BCUT2D eigenvalue weighted by molar-refractivity contribution is -0.252. The molecule has 0 radical (unpaired) electrons. The first-order chi connectivity index (χ1) is 7.27. The van der Waals surface area contributed by atoms with E-state index < -0.39 is 0 Å². The van der Waals surface area contributed by atoms with Gasteiger partial charge in [0, 0.05) is 5.56 Å². The molecule has 0 aliphatic carbocycles. The van der Waals surface area contributed by atoms with Crippen LogP contribution in [-0.2, 0) is 0 Å². The smallest absolute Gasteiger partial charge is 0.137 e. The summed E-state index contributed by atoms with van der Waals surface area (Å²) in [6.07, 6.45) is 10.9. The first-order valence-electron chi connectivity index (χ1n) is 4.59. The van der Waals surface area contributed by atoms with E-state index in [1.165, 1.54) is 0 Å². The van der Waals surface area contributed by atoms with Crippen molar-refractivity contribution in [2.45, 2.75) is 0 Å². The third-order valence-electron chi connectivity index (χ3n) is 2.43. The van der Waals surface area contributed by atoms with Crippen molar-refractivity contribution in [2.75, 3.05) is 0 Å². The Kier molecular flexibility index (Phi) is 2.18. The normalized spacial score (nSPS) is 9.53. The van der Waals surface area contributed by atoms with E-state index in [2.05, 4.69) is 17.6 Å². The van der Waals surface area contributed by atoms with E-state index in [-0.39, 0.29) is 0 Å². The molecule has 0 aliphatic rings. The van der Waals surface area contributed by atoms with Gasteiger partial charge in [0.2, 0.25) is 0 Å². The van der Waals surface area contributed by atoms with Crippen molar-refractivity contribution in [1.82, 2.24) is 0 Å². The van der Waals surface area contributed by atoms with E-state index in [1.54, 1.807) is 0 Å². The van der Waals surface area contributed by atoms with Gasteiger partial charge in [-0.3, -0.25) is 0 Å². The summed E-state index contributed by atoms with van der Waals surface area (Å²) in [5.74, 6) is 5.24. The van der Waals surface area contributed by atoms with Gasteiger partial charge in [0.15, 0.2) is 0 Å². The number of hydrogen-bond acceptors (Lipinski definition) is 0. The highest BCUT2D eigenvalue weighted by atomic mass is 14.5. The quantitative estimate of drug-likeness (QED) is 0.615. The molecule has 0 heterocycles. The second-order valence-electron chi connectivity index (χ2n) is 3.29. The Morgan fingerprint density at radius 2 is 1.80 bits per heavy atom. The van der Waals surface area contributed by atoms with Crippen LogP contribution in [0.1, 0.15) is 11.1 Å². The third kappa shape index (κ3) is 1.36. The van der Waals surface area contributed by atoms with Crippen LogP contribution in [0.3, 0.4) is 0 Å². The Labute approximate surface area is 88.9 Å². The van der Waals surface area contributed by atoms with Crippen molar-refractivity contribution in [1.29, 1.82) is 0 Å². The van der Waals surface area contributed by atoms with Gasteiger partial charge in [-0.25, -0.2) is 0 Å². The van der Waals surface area contributed by atoms with Gasteiger partial charge in [-0.15, -0.1) is 12.8 Å². The second-order valence-corrected chi connectivity index (χ2v) is 3.29. The standard InChI is InChI=1S/C14H9N/c1-3-10-8-9-11-6-5-7-13(15)14(11)12(10)4-2/h1-2,5-9H,15H2/p+1. The van der Waals surface area contributed by atoms with Gasteiger partial charge in [0.05, 0.1) is 10.9 Å². The minimum atomic E-state index is 0.751. The molecule has 70 valence electrons. The predicted octanol–water partition coefficient (Wildman–Crippen LogP) is 1.68. The molecular weight excluding hydrogens is 182 g/mol. The molecule has 1 heteroatoms. The maximum Gasteiger partial charge on any atom is 0.137 e. The van der Waals surface area contributed by atoms with E-state index in [1.807, 2.05) is 30.3 Å². The Morgan fingerprint density at radius 3 is 2.47 bits per heavy atom. The zero-order chi connectivity index (χ0) is 10.8. The lowest BCUT2D eigenvalue weighted by Gasteiger charge is -2.04. The summed E-state index contributed by atoms with van der Waals surface area (Å²) in [5.41, 5.74) is 6.40. The van der Waals surface area contributed by atoms with Crippen molar-refractivity contribution in [3.8, 4) is 24.7 Å². The molecule has 0 aromatic heterocycles. The van der Waals surface area contributed by atoms with Gasteiger partial charge in [-0.1, -0.05) is 30.0 Å². The predicted molar refractivity (Wildman–Crippen MR) is 62.4 cm³/mol. The molecule has 0 spiro atoms. The van der Waals surface area contributed by atoms with Crippen LogP contribution in [0.25, 0.3) is 10.8 Å². The Morgan fingerprint density at radius 1 is 1.00 bits per heavy atom. The minimum Gasteiger partial charge on any atom is -0.325 e. The number of terminal acetylenes is 2. The zero-order valence-electron chi connectivity index (χ0n) is 8.25. The lowest BCUT2D eigenvalue weighted by atomic mass is 9.98. The molecule has 3 N–H and O–H groups in total. The van der Waals surface area contributed by atoms with Crippen molar-refractivity contribution >= 4 is 16.5 Å². The van der Waals surface area contributed by atoms with Gasteiger partial charge in [-0.05, 0) is 17.5 Å². The van der Waals surface area contributed by atoms with Crippen LogP contribution in [0, 0.1) is 24.7 Å². The molecule has 0 saturated heterocycles. The lowest BCUT2D eigenvalue weighted by Crippen LogP contribution is -2.40. The van der Waals surface area contributed by atoms with Crippen LogP contribution in [0.2, 0.25) is 0 Å². The molecule has 0 atom stereocenters. The van der Waals surface area contributed by atoms with E-state index in [9.17, 15) is 0 Å². The Bertz CT molecular complexity index is 609. The molecular formula is C14H10N+. The number of hydrogen-bond donors (Lipinski definition) is 1. The summed E-state index contributed by atoms with van der Waals surface area (Å²) in [6, 6.07) is 9.74. The van der Waals surface area contributed by atoms with Crippen molar-refractivity contribution < 1.29 is 5.73 Å². The fourth-order valence-corrected chi connectivity index (χ4v) is 1.73. The largest absolute Gasteiger partial charge is 0.325 e. The Balaban J connectivity index is 3.01. The van der Waals surface area contributed by atoms with Gasteiger partial charge in [-0.2, -0.15) is 0 Å². The molecule has 2 aromatic rings. The van der Waals surface area contributed by atoms with Gasteiger partial charge >= 0.3 is 0 Å². The average Bonchev–Trinajstić information content (AvgIpc) is 2.28. The van der Waals surface area contributed by atoms with Gasteiger partial charge in [0.25, 0.3) is 0 Å².